The summed E-state index contributed by atoms with van der Waals surface area (Å²) in [6.45, 7) is 0.330. The molecular weight excluding hydrogens is 466 g/mol. The van der Waals surface area contributed by atoms with E-state index in [9.17, 15) is 13.2 Å². The summed E-state index contributed by atoms with van der Waals surface area (Å²) in [6, 6.07) is 26.2. The van der Waals surface area contributed by atoms with E-state index < -0.39 is 10.0 Å². The van der Waals surface area contributed by atoms with Gasteiger partial charge in [0.2, 0.25) is 15.9 Å². The van der Waals surface area contributed by atoms with Crippen molar-refractivity contribution in [3.8, 4) is 11.3 Å². The standard InChI is InChI=1S/C26H25N3O3S2/c30-25(29-26-28-24(19-33-26)22-9-5-2-6-10-22)16-13-21-11-14-23(15-12-21)34(31,32)27-18-17-20-7-3-1-4-8-20/h1-12,14-15,19,27H,13,16-18H2,(H,28,29,30). The fourth-order valence-electron chi connectivity index (χ4n) is 3.41. The number of anilines is 1. The van der Waals surface area contributed by atoms with Crippen molar-refractivity contribution < 1.29 is 13.2 Å². The SMILES string of the molecule is O=C(CCc1ccc(S(=O)(=O)NCCc2ccccc2)cc1)Nc1nc(-c2ccccc2)cs1. The van der Waals surface area contributed by atoms with Gasteiger partial charge in [-0.3, -0.25) is 4.79 Å². The Labute approximate surface area is 203 Å². The van der Waals surface area contributed by atoms with Gasteiger partial charge in [-0.15, -0.1) is 11.3 Å². The number of amides is 1. The molecule has 0 radical (unpaired) electrons. The number of hydrogen-bond donors (Lipinski definition) is 2. The van der Waals surface area contributed by atoms with Crippen LogP contribution in [0.3, 0.4) is 0 Å². The molecule has 0 aliphatic rings. The molecule has 4 aromatic rings. The Bertz CT molecular complexity index is 1320. The smallest absolute Gasteiger partial charge is 0.240 e. The van der Waals surface area contributed by atoms with Crippen molar-refractivity contribution in [2.24, 2.45) is 0 Å². The molecule has 34 heavy (non-hydrogen) atoms. The summed E-state index contributed by atoms with van der Waals surface area (Å²) < 4.78 is 27.7. The molecule has 3 aromatic carbocycles. The molecular formula is C26H25N3O3S2. The maximum absolute atomic E-state index is 12.5. The van der Waals surface area contributed by atoms with Gasteiger partial charge in [-0.2, -0.15) is 0 Å². The van der Waals surface area contributed by atoms with Gasteiger partial charge in [-0.25, -0.2) is 18.1 Å². The van der Waals surface area contributed by atoms with E-state index in [2.05, 4.69) is 15.0 Å². The Kier molecular flexibility index (Phi) is 7.84. The third kappa shape index (κ3) is 6.60. The third-order valence-corrected chi connectivity index (χ3v) is 7.48. The van der Waals surface area contributed by atoms with Gasteiger partial charge in [0.15, 0.2) is 5.13 Å². The average Bonchev–Trinajstić information content (AvgIpc) is 3.32. The molecule has 4 rings (SSSR count). The van der Waals surface area contributed by atoms with Crippen LogP contribution in [0.15, 0.2) is 95.2 Å². The second kappa shape index (κ2) is 11.2. The number of nitrogens with zero attached hydrogens (tertiary/aromatic N) is 1. The van der Waals surface area contributed by atoms with E-state index in [-0.39, 0.29) is 17.2 Å². The minimum absolute atomic E-state index is 0.131. The summed E-state index contributed by atoms with van der Waals surface area (Å²) in [5.41, 5.74) is 3.80. The van der Waals surface area contributed by atoms with Gasteiger partial charge in [-0.05, 0) is 36.1 Å². The lowest BCUT2D eigenvalue weighted by Gasteiger charge is -2.08. The molecule has 1 amide bonds. The minimum atomic E-state index is -3.58. The van der Waals surface area contributed by atoms with E-state index in [0.717, 1.165) is 22.4 Å². The number of carbonyl (C=O) groups is 1. The first kappa shape index (κ1) is 23.8. The van der Waals surface area contributed by atoms with Gasteiger partial charge in [0.1, 0.15) is 0 Å². The van der Waals surface area contributed by atoms with Crippen molar-refractivity contribution in [1.82, 2.24) is 9.71 Å². The molecule has 0 bridgehead atoms. The van der Waals surface area contributed by atoms with Crippen molar-refractivity contribution >= 4 is 32.4 Å². The van der Waals surface area contributed by atoms with Crippen LogP contribution in [-0.2, 0) is 27.7 Å². The fourth-order valence-corrected chi connectivity index (χ4v) is 5.17. The van der Waals surface area contributed by atoms with Crippen LogP contribution in [0.1, 0.15) is 17.5 Å². The normalized spacial score (nSPS) is 11.3. The Balaban J connectivity index is 1.25. The van der Waals surface area contributed by atoms with Crippen LogP contribution in [0.25, 0.3) is 11.3 Å². The highest BCUT2D eigenvalue weighted by molar-refractivity contribution is 7.89. The molecule has 2 N–H and O–H groups in total. The van der Waals surface area contributed by atoms with Gasteiger partial charge in [0.05, 0.1) is 10.6 Å². The monoisotopic (exact) mass is 491 g/mol. The third-order valence-electron chi connectivity index (χ3n) is 5.24. The molecule has 6 nitrogen and oxygen atoms in total. The lowest BCUT2D eigenvalue weighted by atomic mass is 10.1. The number of carbonyl (C=O) groups excluding carboxylic acids is 1. The summed E-state index contributed by atoms with van der Waals surface area (Å²) in [7, 11) is -3.58. The molecule has 0 fully saturated rings. The van der Waals surface area contributed by atoms with E-state index in [4.69, 9.17) is 0 Å². The molecule has 0 aliphatic heterocycles. The van der Waals surface area contributed by atoms with E-state index >= 15 is 0 Å². The summed E-state index contributed by atoms with van der Waals surface area (Å²) in [4.78, 5) is 17.0. The van der Waals surface area contributed by atoms with Gasteiger partial charge >= 0.3 is 0 Å². The lowest BCUT2D eigenvalue weighted by molar-refractivity contribution is -0.116. The first-order valence-electron chi connectivity index (χ1n) is 10.9. The zero-order chi connectivity index (χ0) is 23.8. The lowest BCUT2D eigenvalue weighted by Crippen LogP contribution is -2.26. The second-order valence-electron chi connectivity index (χ2n) is 7.73. The van der Waals surface area contributed by atoms with Gasteiger partial charge in [0.25, 0.3) is 0 Å². The Hall–Kier alpha value is -3.33. The molecule has 174 valence electrons. The molecule has 8 heteroatoms. The number of hydrogen-bond acceptors (Lipinski definition) is 5. The predicted molar refractivity (Wildman–Crippen MR) is 136 cm³/mol. The second-order valence-corrected chi connectivity index (χ2v) is 10.4. The molecule has 0 atom stereocenters. The van der Waals surface area contributed by atoms with Crippen LogP contribution in [-0.4, -0.2) is 25.9 Å². The van der Waals surface area contributed by atoms with E-state index in [1.54, 1.807) is 24.3 Å². The number of rotatable bonds is 10. The first-order chi connectivity index (χ1) is 16.5. The number of nitrogens with one attached hydrogen (secondary N) is 2. The van der Waals surface area contributed by atoms with Crippen molar-refractivity contribution in [3.63, 3.8) is 0 Å². The maximum atomic E-state index is 12.5. The number of aromatic nitrogens is 1. The van der Waals surface area contributed by atoms with E-state index in [1.165, 1.54) is 11.3 Å². The molecule has 0 saturated heterocycles. The molecule has 0 aliphatic carbocycles. The zero-order valence-corrected chi connectivity index (χ0v) is 20.1. The van der Waals surface area contributed by atoms with E-state index in [0.29, 0.717) is 24.5 Å². The number of thiazole rings is 1. The highest BCUT2D eigenvalue weighted by Gasteiger charge is 2.14. The van der Waals surface area contributed by atoms with Crippen molar-refractivity contribution in [2.45, 2.75) is 24.2 Å². The van der Waals surface area contributed by atoms with Crippen LogP contribution in [0.2, 0.25) is 0 Å². The Morgan fingerprint density at radius 3 is 2.18 bits per heavy atom. The van der Waals surface area contributed by atoms with Crippen LogP contribution in [0, 0.1) is 0 Å². The Morgan fingerprint density at radius 1 is 0.824 bits per heavy atom. The van der Waals surface area contributed by atoms with Crippen molar-refractivity contribution in [2.75, 3.05) is 11.9 Å². The number of aryl methyl sites for hydroxylation is 1. The van der Waals surface area contributed by atoms with Crippen molar-refractivity contribution in [3.05, 3.63) is 101 Å². The predicted octanol–water partition coefficient (Wildman–Crippen LogP) is 4.90. The first-order valence-corrected chi connectivity index (χ1v) is 13.3. The average molecular weight is 492 g/mol. The van der Waals surface area contributed by atoms with Gasteiger partial charge < -0.3 is 5.32 Å². The van der Waals surface area contributed by atoms with Crippen LogP contribution >= 0.6 is 11.3 Å². The van der Waals surface area contributed by atoms with E-state index in [1.807, 2.05) is 66.0 Å². The summed E-state index contributed by atoms with van der Waals surface area (Å²) in [5, 5.41) is 5.31. The van der Waals surface area contributed by atoms with Crippen molar-refractivity contribution in [1.29, 1.82) is 0 Å². The molecule has 0 unspecified atom stereocenters. The maximum Gasteiger partial charge on any atom is 0.240 e. The number of sulfonamides is 1. The highest BCUT2D eigenvalue weighted by atomic mass is 32.2. The van der Waals surface area contributed by atoms with Gasteiger partial charge in [0, 0.05) is 23.9 Å². The minimum Gasteiger partial charge on any atom is -0.302 e. The quantitative estimate of drug-likeness (QED) is 0.330. The number of benzene rings is 3. The van der Waals surface area contributed by atoms with Crippen LogP contribution < -0.4 is 10.0 Å². The fraction of sp³-hybridized carbons (Fsp3) is 0.154. The molecule has 0 spiro atoms. The summed E-state index contributed by atoms with van der Waals surface area (Å²) in [6.07, 6.45) is 1.41. The van der Waals surface area contributed by atoms with Crippen LogP contribution in [0.4, 0.5) is 5.13 Å². The zero-order valence-electron chi connectivity index (χ0n) is 18.5. The van der Waals surface area contributed by atoms with Gasteiger partial charge in [-0.1, -0.05) is 72.8 Å². The molecule has 0 saturated carbocycles. The largest absolute Gasteiger partial charge is 0.302 e. The summed E-state index contributed by atoms with van der Waals surface area (Å²) in [5.74, 6) is -0.131. The topological polar surface area (TPSA) is 88.2 Å². The Morgan fingerprint density at radius 2 is 1.47 bits per heavy atom. The molecule has 1 heterocycles. The van der Waals surface area contributed by atoms with Crippen LogP contribution in [0.5, 0.6) is 0 Å². The molecule has 1 aromatic heterocycles. The highest BCUT2D eigenvalue weighted by Crippen LogP contribution is 2.24. The summed E-state index contributed by atoms with van der Waals surface area (Å²) >= 11 is 1.39.